The molecule has 0 radical (unpaired) electrons. The Bertz CT molecular complexity index is 477. The predicted molar refractivity (Wildman–Crippen MR) is 89.3 cm³/mol. The van der Waals surface area contributed by atoms with Gasteiger partial charge in [-0.3, -0.25) is 4.79 Å². The summed E-state index contributed by atoms with van der Waals surface area (Å²) >= 11 is 3.41. The van der Waals surface area contributed by atoms with Crippen LogP contribution < -0.4 is 15.8 Å². The minimum Gasteiger partial charge on any atom is -0.481 e. The summed E-state index contributed by atoms with van der Waals surface area (Å²) in [4.78, 5) is 12.1. The predicted octanol–water partition coefficient (Wildman–Crippen LogP) is 3.54. The SMILES string of the molecule is CCCC(C)NC(=O)C(C)Oc1cc(Br)ccc1[C@@H](C)N. The summed E-state index contributed by atoms with van der Waals surface area (Å²) in [6, 6.07) is 5.68. The van der Waals surface area contributed by atoms with E-state index in [9.17, 15) is 4.79 Å². The molecule has 0 aromatic heterocycles. The number of carbonyl (C=O) groups excluding carboxylic acids is 1. The summed E-state index contributed by atoms with van der Waals surface area (Å²) in [5, 5.41) is 2.96. The van der Waals surface area contributed by atoms with Crippen LogP contribution in [0.15, 0.2) is 22.7 Å². The highest BCUT2D eigenvalue weighted by atomic mass is 79.9. The minimum absolute atomic E-state index is 0.105. The topological polar surface area (TPSA) is 64.3 Å². The number of ether oxygens (including phenoxy) is 1. The first-order chi connectivity index (χ1) is 9.85. The van der Waals surface area contributed by atoms with E-state index in [-0.39, 0.29) is 18.0 Å². The molecule has 21 heavy (non-hydrogen) atoms. The molecule has 0 fully saturated rings. The van der Waals surface area contributed by atoms with Crippen LogP contribution in [0.2, 0.25) is 0 Å². The first kappa shape index (κ1) is 18.0. The van der Waals surface area contributed by atoms with E-state index >= 15 is 0 Å². The minimum atomic E-state index is -0.559. The van der Waals surface area contributed by atoms with E-state index in [1.165, 1.54) is 0 Å². The Labute approximate surface area is 135 Å². The van der Waals surface area contributed by atoms with E-state index in [0.29, 0.717) is 5.75 Å². The average molecular weight is 357 g/mol. The Balaban J connectivity index is 2.76. The van der Waals surface area contributed by atoms with E-state index in [1.807, 2.05) is 32.0 Å². The average Bonchev–Trinajstić information content (AvgIpc) is 2.38. The van der Waals surface area contributed by atoms with Crippen LogP contribution in [0.25, 0.3) is 0 Å². The van der Waals surface area contributed by atoms with Crippen molar-refractivity contribution in [2.45, 2.75) is 58.7 Å². The van der Waals surface area contributed by atoms with Crippen molar-refractivity contribution in [2.24, 2.45) is 5.73 Å². The molecule has 0 heterocycles. The van der Waals surface area contributed by atoms with Gasteiger partial charge in [-0.2, -0.15) is 0 Å². The zero-order valence-electron chi connectivity index (χ0n) is 13.2. The number of hydrogen-bond donors (Lipinski definition) is 2. The van der Waals surface area contributed by atoms with Crippen LogP contribution in [0.3, 0.4) is 0 Å². The zero-order valence-corrected chi connectivity index (χ0v) is 14.7. The van der Waals surface area contributed by atoms with E-state index in [2.05, 4.69) is 28.2 Å². The highest BCUT2D eigenvalue weighted by molar-refractivity contribution is 9.10. The van der Waals surface area contributed by atoms with Crippen LogP contribution in [0.1, 0.15) is 52.1 Å². The third-order valence-corrected chi connectivity index (χ3v) is 3.74. The second-order valence-electron chi connectivity index (χ2n) is 5.43. The fraction of sp³-hybridized carbons (Fsp3) is 0.562. The summed E-state index contributed by atoms with van der Waals surface area (Å²) in [5.41, 5.74) is 6.83. The molecule has 3 atom stereocenters. The summed E-state index contributed by atoms with van der Waals surface area (Å²) in [6.07, 6.45) is 1.44. The van der Waals surface area contributed by atoms with Crippen molar-refractivity contribution in [1.82, 2.24) is 5.32 Å². The quantitative estimate of drug-likeness (QED) is 0.785. The molecule has 2 unspecified atom stereocenters. The Morgan fingerprint density at radius 3 is 2.62 bits per heavy atom. The number of hydrogen-bond acceptors (Lipinski definition) is 3. The molecule has 0 aliphatic carbocycles. The van der Waals surface area contributed by atoms with E-state index in [4.69, 9.17) is 10.5 Å². The maximum Gasteiger partial charge on any atom is 0.260 e. The van der Waals surface area contributed by atoms with Gasteiger partial charge in [-0.05, 0) is 39.3 Å². The molecule has 1 aromatic rings. The van der Waals surface area contributed by atoms with Gasteiger partial charge in [-0.1, -0.05) is 35.3 Å². The summed E-state index contributed by atoms with van der Waals surface area (Å²) in [7, 11) is 0. The first-order valence-electron chi connectivity index (χ1n) is 7.37. The smallest absolute Gasteiger partial charge is 0.260 e. The summed E-state index contributed by atoms with van der Waals surface area (Å²) in [6.45, 7) is 7.74. The highest BCUT2D eigenvalue weighted by Gasteiger charge is 2.19. The molecule has 0 bridgehead atoms. The van der Waals surface area contributed by atoms with Gasteiger partial charge < -0.3 is 15.8 Å². The van der Waals surface area contributed by atoms with Gasteiger partial charge in [0.05, 0.1) is 0 Å². The fourth-order valence-corrected chi connectivity index (χ4v) is 2.44. The van der Waals surface area contributed by atoms with Crippen LogP contribution >= 0.6 is 15.9 Å². The van der Waals surface area contributed by atoms with Crippen molar-refractivity contribution in [3.63, 3.8) is 0 Å². The van der Waals surface area contributed by atoms with Crippen LogP contribution in [0.5, 0.6) is 5.75 Å². The monoisotopic (exact) mass is 356 g/mol. The molecule has 0 saturated carbocycles. The number of benzene rings is 1. The number of halogens is 1. The van der Waals surface area contributed by atoms with E-state index in [0.717, 1.165) is 22.9 Å². The lowest BCUT2D eigenvalue weighted by Crippen LogP contribution is -2.41. The van der Waals surface area contributed by atoms with Gasteiger partial charge in [0.2, 0.25) is 0 Å². The van der Waals surface area contributed by atoms with Gasteiger partial charge in [-0.25, -0.2) is 0 Å². The van der Waals surface area contributed by atoms with Crippen molar-refractivity contribution in [1.29, 1.82) is 0 Å². The first-order valence-corrected chi connectivity index (χ1v) is 8.16. The Kier molecular flexibility index (Phi) is 7.18. The van der Waals surface area contributed by atoms with Gasteiger partial charge in [0.15, 0.2) is 6.10 Å². The number of nitrogens with one attached hydrogen (secondary N) is 1. The van der Waals surface area contributed by atoms with E-state index in [1.54, 1.807) is 6.92 Å². The van der Waals surface area contributed by atoms with Crippen molar-refractivity contribution in [3.8, 4) is 5.75 Å². The number of amides is 1. The van der Waals surface area contributed by atoms with Crippen molar-refractivity contribution < 1.29 is 9.53 Å². The molecule has 3 N–H and O–H groups in total. The Hall–Kier alpha value is -1.07. The van der Waals surface area contributed by atoms with E-state index < -0.39 is 6.10 Å². The van der Waals surface area contributed by atoms with Gasteiger partial charge in [0.1, 0.15) is 5.75 Å². The molecule has 1 rings (SSSR count). The highest BCUT2D eigenvalue weighted by Crippen LogP contribution is 2.28. The van der Waals surface area contributed by atoms with Crippen LogP contribution in [0, 0.1) is 0 Å². The molecular weight excluding hydrogens is 332 g/mol. The van der Waals surface area contributed by atoms with Crippen molar-refractivity contribution in [2.75, 3.05) is 0 Å². The molecule has 0 spiro atoms. The van der Waals surface area contributed by atoms with Crippen LogP contribution in [-0.2, 0) is 4.79 Å². The molecule has 1 amide bonds. The lowest BCUT2D eigenvalue weighted by molar-refractivity contribution is -0.127. The number of rotatable bonds is 7. The molecule has 5 heteroatoms. The Morgan fingerprint density at radius 1 is 1.38 bits per heavy atom. The molecule has 0 saturated heterocycles. The van der Waals surface area contributed by atoms with Gasteiger partial charge >= 0.3 is 0 Å². The molecule has 4 nitrogen and oxygen atoms in total. The van der Waals surface area contributed by atoms with Crippen LogP contribution in [0.4, 0.5) is 0 Å². The largest absolute Gasteiger partial charge is 0.481 e. The van der Waals surface area contributed by atoms with Gasteiger partial charge in [0.25, 0.3) is 5.91 Å². The molecule has 1 aromatic carbocycles. The third-order valence-electron chi connectivity index (χ3n) is 3.25. The Morgan fingerprint density at radius 2 is 2.05 bits per heavy atom. The summed E-state index contributed by atoms with van der Waals surface area (Å²) < 4.78 is 6.70. The van der Waals surface area contributed by atoms with Crippen molar-refractivity contribution >= 4 is 21.8 Å². The molecule has 0 aliphatic rings. The lowest BCUT2D eigenvalue weighted by atomic mass is 10.1. The fourth-order valence-electron chi connectivity index (χ4n) is 2.10. The standard InChI is InChI=1S/C16H25BrN2O2/c1-5-6-10(2)19-16(20)12(4)21-15-9-13(17)7-8-14(15)11(3)18/h7-12H,5-6,18H2,1-4H3,(H,19,20)/t10?,11-,12?/m1/s1. The van der Waals surface area contributed by atoms with Crippen LogP contribution in [-0.4, -0.2) is 18.1 Å². The maximum absolute atomic E-state index is 12.1. The van der Waals surface area contributed by atoms with Gasteiger partial charge in [-0.15, -0.1) is 0 Å². The number of carbonyl (C=O) groups is 1. The second kappa shape index (κ2) is 8.39. The second-order valence-corrected chi connectivity index (χ2v) is 6.34. The molecule has 0 aliphatic heterocycles. The van der Waals surface area contributed by atoms with Gasteiger partial charge in [0, 0.05) is 22.1 Å². The lowest BCUT2D eigenvalue weighted by Gasteiger charge is -2.21. The zero-order chi connectivity index (χ0) is 16.0. The third kappa shape index (κ3) is 5.67. The summed E-state index contributed by atoms with van der Waals surface area (Å²) in [5.74, 6) is 0.539. The molecular formula is C16H25BrN2O2. The normalized spacial score (nSPS) is 15.1. The molecule has 118 valence electrons. The van der Waals surface area contributed by atoms with Crippen molar-refractivity contribution in [3.05, 3.63) is 28.2 Å². The maximum atomic E-state index is 12.1. The number of nitrogens with two attached hydrogens (primary N) is 1.